The van der Waals surface area contributed by atoms with Crippen molar-refractivity contribution in [2.24, 2.45) is 0 Å². The lowest BCUT2D eigenvalue weighted by Gasteiger charge is -2.39. The largest absolute Gasteiger partial charge is 0.493 e. The van der Waals surface area contributed by atoms with E-state index in [4.69, 9.17) is 37.9 Å². The lowest BCUT2D eigenvalue weighted by atomic mass is 9.99. The molecular formula is C103H125N11O16S. The van der Waals surface area contributed by atoms with Gasteiger partial charge in [-0.05, 0) is 192 Å². The number of likely N-dealkylation sites (N-methyl/N-ethyl adjacent to an activating group) is 1. The molecule has 8 aromatic carbocycles. The molecule has 2 N–H and O–H groups in total. The summed E-state index contributed by atoms with van der Waals surface area (Å²) < 4.78 is 44.5. The van der Waals surface area contributed by atoms with Crippen LogP contribution in [-0.4, -0.2) is 236 Å². The van der Waals surface area contributed by atoms with Crippen molar-refractivity contribution >= 4 is 75.7 Å². The van der Waals surface area contributed by atoms with Gasteiger partial charge in [-0.25, -0.2) is 0 Å². The Kier molecular flexibility index (Phi) is 33.2. The summed E-state index contributed by atoms with van der Waals surface area (Å²) in [4.78, 5) is 128. The number of hydrogen-bond donors (Lipinski definition) is 2. The van der Waals surface area contributed by atoms with Crippen LogP contribution in [-0.2, 0) is 25.7 Å². The number of benzene rings is 8. The normalized spacial score (nSPS) is 16.5. The average molecular weight is 1810 g/mol. The molecule has 9 aromatic rings. The first-order valence-electron chi connectivity index (χ1n) is 45.4. The Morgan fingerprint density at radius 2 is 0.771 bits per heavy atom. The number of ether oxygens (including phenoxy) is 8. The van der Waals surface area contributed by atoms with Gasteiger partial charge in [-0.2, -0.15) is 0 Å². The molecule has 5 atom stereocenters. The van der Waals surface area contributed by atoms with E-state index in [0.717, 1.165) is 119 Å². The van der Waals surface area contributed by atoms with Crippen molar-refractivity contribution in [2.75, 3.05) is 169 Å². The average Bonchev–Trinajstić information content (AvgIpc) is 1.60. The minimum absolute atomic E-state index is 0.0385. The van der Waals surface area contributed by atoms with E-state index >= 15 is 0 Å². The van der Waals surface area contributed by atoms with E-state index in [-0.39, 0.29) is 59.9 Å². The molecule has 0 unspecified atom stereocenters. The highest BCUT2D eigenvalue weighted by molar-refractivity contribution is 7.09. The molecule has 0 aliphatic carbocycles. The number of imide groups is 3. The molecule has 7 heterocycles. The standard InChI is InChI=1S/C38H48N4O6.C34H40N4O5.C31H37N3O5S/c1-26(27-12-8-7-9-13-27)40-20-22-41(23-21-40)31-15-10-14-29-35(31)37(45)42(36(29)44)30(28-17-18-32(46-5)33(24-28)47-6)16-11-19-39-34(43)25-48-38(2,3)4;1-23(25-10-6-5-7-11-25)36-18-20-37(21-19-36)29-13-8-12-27-32(29)34(41)38(33(27)40)28(14-9-17-35-24(2)39)26-15-16-30(42-3)31(22-26)43-4;1-4-32-14-16-33(17-15-32)26-10-5-9-24-29(26)31(36)34(30(24)35)25(11-6-18-39-21-23-8-7-19-40-23)22-12-13-27(37-2)28(20-22)38-3/h7-10,12-15,17-18,24,26,30H,11,16,19-23,25H2,1-6H3,(H,39,43);5-8,10-13,15-16,22-23,28H,9,14,17-21H2,1-4H3,(H,35,39);5,7-10,12-13,19-20,25H,4,6,11,14-18,21H2,1-3H3/t26-,30-;23-,28-;25-/m111/s1. The molecule has 0 saturated carbocycles. The molecular weight excluding hydrogens is 1680 g/mol. The zero-order valence-corrected chi connectivity index (χ0v) is 78.5. The maximum absolute atomic E-state index is 14.4. The summed E-state index contributed by atoms with van der Waals surface area (Å²) in [6.45, 7) is 26.5. The van der Waals surface area contributed by atoms with Crippen LogP contribution in [0.4, 0.5) is 17.1 Å². The van der Waals surface area contributed by atoms with Crippen LogP contribution in [0.1, 0.15) is 212 Å². The summed E-state index contributed by atoms with van der Waals surface area (Å²) in [5.74, 6) is 1.23. The van der Waals surface area contributed by atoms with Crippen LogP contribution >= 0.6 is 11.3 Å². The molecule has 27 nitrogen and oxygen atoms in total. The first-order chi connectivity index (χ1) is 63.4. The van der Waals surface area contributed by atoms with Crippen LogP contribution in [0, 0.1) is 0 Å². The third kappa shape index (κ3) is 22.7. The Hall–Kier alpha value is -12.2. The third-order valence-electron chi connectivity index (χ3n) is 25.4. The zero-order chi connectivity index (χ0) is 93.0. The highest BCUT2D eigenvalue weighted by Crippen LogP contribution is 2.46. The van der Waals surface area contributed by atoms with Gasteiger partial charge in [0.05, 0.1) is 123 Å². The summed E-state index contributed by atoms with van der Waals surface area (Å²) in [6, 6.07) is 57.3. The van der Waals surface area contributed by atoms with E-state index in [0.29, 0.717) is 139 Å². The van der Waals surface area contributed by atoms with E-state index in [1.807, 2.05) is 123 Å². The highest BCUT2D eigenvalue weighted by atomic mass is 32.1. The Labute approximate surface area is 773 Å². The fourth-order valence-corrected chi connectivity index (χ4v) is 18.9. The molecule has 28 heteroatoms. The SMILES string of the molecule is CCN1CCN(c2cccc3c2C(=O)N([C@H](CCCOCc2cccs2)c2ccc(OC)c(OC)c2)C3=O)CC1.COc1ccc([C@@H](CCCNC(=O)COC(C)(C)C)N2C(=O)c3cccc(N4CCN([C@H](C)c5ccccc5)CC4)c3C2=O)cc1OC.COc1ccc([C@@H](CCCNC(C)=O)N2C(=O)c3cccc(N4CCN([C@H](C)c5ccccc5)CC4)c3C2=O)cc1OC. The number of carbonyl (C=O) groups excluding carboxylic acids is 8. The summed E-state index contributed by atoms with van der Waals surface area (Å²) >= 11 is 1.67. The van der Waals surface area contributed by atoms with Gasteiger partial charge in [-0.15, -0.1) is 11.3 Å². The van der Waals surface area contributed by atoms with Crippen LogP contribution < -0.4 is 53.8 Å². The number of amides is 8. The number of carbonyl (C=O) groups is 8. The summed E-state index contributed by atoms with van der Waals surface area (Å²) in [5, 5.41) is 7.75. The Morgan fingerprint density at radius 3 is 1.11 bits per heavy atom. The molecule has 15 rings (SSSR count). The van der Waals surface area contributed by atoms with E-state index in [1.54, 1.807) is 84.3 Å². The van der Waals surface area contributed by atoms with Crippen LogP contribution in [0.5, 0.6) is 34.5 Å². The van der Waals surface area contributed by atoms with Crippen molar-refractivity contribution in [3.63, 3.8) is 0 Å². The maximum atomic E-state index is 14.4. The number of nitrogens with one attached hydrogen (secondary N) is 2. The van der Waals surface area contributed by atoms with Gasteiger partial charge in [0.15, 0.2) is 34.5 Å². The predicted molar refractivity (Wildman–Crippen MR) is 508 cm³/mol. The van der Waals surface area contributed by atoms with Crippen molar-refractivity contribution in [1.29, 1.82) is 0 Å². The topological polar surface area (TPSA) is 264 Å². The van der Waals surface area contributed by atoms with Gasteiger partial charge in [-0.1, -0.05) is 110 Å². The first-order valence-corrected chi connectivity index (χ1v) is 46.3. The zero-order valence-electron chi connectivity index (χ0n) is 77.7. The molecule has 131 heavy (non-hydrogen) atoms. The molecule has 3 fully saturated rings. The first kappa shape index (κ1) is 96.4. The highest BCUT2D eigenvalue weighted by Gasteiger charge is 2.47. The van der Waals surface area contributed by atoms with Crippen molar-refractivity contribution in [3.05, 3.63) is 253 Å². The van der Waals surface area contributed by atoms with Crippen molar-refractivity contribution in [1.82, 2.24) is 40.0 Å². The number of methoxy groups -OCH3 is 6. The number of nitrogens with zero attached hydrogens (tertiary/aromatic N) is 9. The Balaban J connectivity index is 0.000000168. The van der Waals surface area contributed by atoms with Crippen molar-refractivity contribution in [3.8, 4) is 34.5 Å². The van der Waals surface area contributed by atoms with E-state index in [2.05, 4.69) is 115 Å². The lowest BCUT2D eigenvalue weighted by Crippen LogP contribution is -2.47. The van der Waals surface area contributed by atoms with Gasteiger partial charge >= 0.3 is 0 Å². The van der Waals surface area contributed by atoms with E-state index in [9.17, 15) is 38.4 Å². The minimum atomic E-state index is -0.587. The second kappa shape index (κ2) is 45.1. The lowest BCUT2D eigenvalue weighted by molar-refractivity contribution is -0.130. The number of thiophene rings is 1. The van der Waals surface area contributed by atoms with Crippen molar-refractivity contribution in [2.45, 2.75) is 129 Å². The van der Waals surface area contributed by atoms with E-state index in [1.165, 1.54) is 37.6 Å². The molecule has 0 spiro atoms. The molecule has 6 aliphatic heterocycles. The molecule has 8 amide bonds. The second-order valence-corrected chi connectivity index (χ2v) is 35.4. The van der Waals surface area contributed by atoms with Gasteiger partial charge in [0.25, 0.3) is 35.4 Å². The van der Waals surface area contributed by atoms with E-state index < -0.39 is 23.7 Å². The molecule has 3 saturated heterocycles. The molecule has 0 bridgehead atoms. The number of anilines is 3. The number of fused-ring (bicyclic) bond motifs is 3. The van der Waals surface area contributed by atoms with Gasteiger partial charge in [0.2, 0.25) is 11.8 Å². The van der Waals surface area contributed by atoms with Gasteiger partial charge in [-0.3, -0.25) is 62.9 Å². The smallest absolute Gasteiger partial charge is 0.264 e. The number of piperazine rings is 3. The fourth-order valence-electron chi connectivity index (χ4n) is 18.3. The maximum Gasteiger partial charge on any atom is 0.264 e. The number of rotatable bonds is 36. The monoisotopic (exact) mass is 1800 g/mol. The molecule has 6 aliphatic rings. The van der Waals surface area contributed by atoms with Crippen molar-refractivity contribution < 1.29 is 76.3 Å². The van der Waals surface area contributed by atoms with Crippen LogP contribution in [0.3, 0.4) is 0 Å². The Bertz CT molecular complexity index is 5440. The molecule has 694 valence electrons. The summed E-state index contributed by atoms with van der Waals surface area (Å²) in [7, 11) is 9.42. The molecule has 1 aromatic heterocycles. The summed E-state index contributed by atoms with van der Waals surface area (Å²) in [6.07, 6.45) is 3.28. The molecule has 0 radical (unpaired) electrons. The van der Waals surface area contributed by atoms with Crippen LogP contribution in [0.15, 0.2) is 187 Å². The predicted octanol–water partition coefficient (Wildman–Crippen LogP) is 15.7. The van der Waals surface area contributed by atoms with Crippen LogP contribution in [0.25, 0.3) is 0 Å². The fraction of sp³-hybridized carbons (Fsp3) is 0.417. The second-order valence-electron chi connectivity index (χ2n) is 34.4. The summed E-state index contributed by atoms with van der Waals surface area (Å²) in [5.41, 5.74) is 9.64. The number of hydrogen-bond acceptors (Lipinski definition) is 23. The van der Waals surface area contributed by atoms with Gasteiger partial charge < -0.3 is 68.1 Å². The third-order valence-corrected chi connectivity index (χ3v) is 26.3. The quantitative estimate of drug-likeness (QED) is 0.0273. The van der Waals surface area contributed by atoms with Gasteiger partial charge in [0, 0.05) is 122 Å². The minimum Gasteiger partial charge on any atom is -0.493 e. The van der Waals surface area contributed by atoms with Crippen LogP contribution in [0.2, 0.25) is 0 Å². The van der Waals surface area contributed by atoms with Gasteiger partial charge in [0.1, 0.15) is 6.61 Å². The Morgan fingerprint density at radius 1 is 0.405 bits per heavy atom.